The lowest BCUT2D eigenvalue weighted by Gasteiger charge is -2.29. The molecule has 8 nitrogen and oxygen atoms in total. The lowest BCUT2D eigenvalue weighted by atomic mass is 10.1. The minimum Gasteiger partial charge on any atom is -0.374 e. The highest BCUT2D eigenvalue weighted by Crippen LogP contribution is 2.27. The zero-order valence-electron chi connectivity index (χ0n) is 17.0. The summed E-state index contributed by atoms with van der Waals surface area (Å²) in [5.74, 6) is 0.746. The van der Waals surface area contributed by atoms with Gasteiger partial charge in [-0.2, -0.15) is 0 Å². The average molecular weight is 406 g/mol. The first-order valence-corrected chi connectivity index (χ1v) is 10.6. The molecule has 2 fully saturated rings. The molecule has 2 aliphatic rings. The summed E-state index contributed by atoms with van der Waals surface area (Å²) in [6.45, 7) is 7.29. The third-order valence-corrected chi connectivity index (χ3v) is 5.60. The Labute approximate surface area is 176 Å². The molecule has 2 aliphatic heterocycles. The van der Waals surface area contributed by atoms with E-state index in [1.165, 1.54) is 5.69 Å². The summed E-state index contributed by atoms with van der Waals surface area (Å²) in [4.78, 5) is 16.3. The maximum absolute atomic E-state index is 5.80. The number of piperazine rings is 1. The normalized spacial score (nSPS) is 19.7. The summed E-state index contributed by atoms with van der Waals surface area (Å²) in [6.07, 6.45) is 3.54. The fourth-order valence-electron chi connectivity index (χ4n) is 3.97. The van der Waals surface area contributed by atoms with Crippen LogP contribution in [0.1, 0.15) is 0 Å². The average Bonchev–Trinajstić information content (AvgIpc) is 2.84. The van der Waals surface area contributed by atoms with Gasteiger partial charge >= 0.3 is 0 Å². The van der Waals surface area contributed by atoms with Crippen LogP contribution in [0.25, 0.3) is 22.3 Å². The molecule has 0 bridgehead atoms. The van der Waals surface area contributed by atoms with Gasteiger partial charge in [-0.25, -0.2) is 9.97 Å². The first kappa shape index (κ1) is 19.2. The second-order valence-corrected chi connectivity index (χ2v) is 7.64. The van der Waals surface area contributed by atoms with Gasteiger partial charge in [-0.05, 0) is 18.2 Å². The number of benzene rings is 1. The molecule has 30 heavy (non-hydrogen) atoms. The number of morpholine rings is 1. The van der Waals surface area contributed by atoms with Crippen molar-refractivity contribution >= 4 is 22.5 Å². The third kappa shape index (κ3) is 4.21. The SMILES string of the molecule is c1cnc2c(NCC3CNCCO3)nc(-c3ccc(N4CCNCC4)cc3)cc2n1. The van der Waals surface area contributed by atoms with Gasteiger partial charge in [-0.1, -0.05) is 12.1 Å². The Bertz CT molecular complexity index is 982. The molecule has 8 heteroatoms. The van der Waals surface area contributed by atoms with Crippen LogP contribution in [-0.4, -0.2) is 73.5 Å². The van der Waals surface area contributed by atoms with E-state index in [0.717, 1.165) is 74.0 Å². The Hall–Kier alpha value is -2.81. The highest BCUT2D eigenvalue weighted by Gasteiger charge is 2.16. The number of hydrogen-bond acceptors (Lipinski definition) is 8. The number of hydrogen-bond donors (Lipinski definition) is 3. The lowest BCUT2D eigenvalue weighted by Crippen LogP contribution is -2.43. The van der Waals surface area contributed by atoms with Crippen molar-refractivity contribution in [2.24, 2.45) is 0 Å². The number of pyridine rings is 1. The van der Waals surface area contributed by atoms with Crippen molar-refractivity contribution < 1.29 is 4.74 Å². The zero-order valence-corrected chi connectivity index (χ0v) is 17.0. The van der Waals surface area contributed by atoms with Crippen molar-refractivity contribution in [2.75, 3.05) is 62.6 Å². The molecule has 3 N–H and O–H groups in total. The third-order valence-electron chi connectivity index (χ3n) is 5.60. The number of ether oxygens (including phenoxy) is 1. The van der Waals surface area contributed by atoms with Crippen molar-refractivity contribution in [1.82, 2.24) is 25.6 Å². The van der Waals surface area contributed by atoms with E-state index in [2.05, 4.69) is 55.1 Å². The van der Waals surface area contributed by atoms with E-state index >= 15 is 0 Å². The summed E-state index contributed by atoms with van der Waals surface area (Å²) >= 11 is 0. The van der Waals surface area contributed by atoms with Crippen molar-refractivity contribution in [1.29, 1.82) is 0 Å². The summed E-state index contributed by atoms with van der Waals surface area (Å²) in [5, 5.41) is 10.2. The predicted octanol–water partition coefficient (Wildman–Crippen LogP) is 1.50. The Balaban J connectivity index is 1.41. The topological polar surface area (TPSA) is 87.2 Å². The molecule has 2 saturated heterocycles. The number of fused-ring (bicyclic) bond motifs is 1. The molecule has 0 spiro atoms. The van der Waals surface area contributed by atoms with Crippen LogP contribution in [0, 0.1) is 0 Å². The second-order valence-electron chi connectivity index (χ2n) is 7.64. The number of nitrogens with one attached hydrogen (secondary N) is 3. The Morgan fingerprint density at radius 1 is 1.03 bits per heavy atom. The van der Waals surface area contributed by atoms with E-state index in [1.807, 2.05) is 6.07 Å². The quantitative estimate of drug-likeness (QED) is 0.589. The van der Waals surface area contributed by atoms with Crippen molar-refractivity contribution in [2.45, 2.75) is 6.10 Å². The standard InChI is InChI=1S/C22H27N7O/c1-3-17(29-10-7-23-8-11-29)4-2-16(1)19-13-20-21(26-6-5-25-20)22(28-19)27-15-18-14-24-9-12-30-18/h1-6,13,18,23-24H,7-12,14-15H2,(H,27,28). The molecule has 0 radical (unpaired) electrons. The number of aromatic nitrogens is 3. The number of rotatable bonds is 5. The monoisotopic (exact) mass is 405 g/mol. The minimum absolute atomic E-state index is 0.120. The van der Waals surface area contributed by atoms with E-state index < -0.39 is 0 Å². The van der Waals surface area contributed by atoms with Crippen LogP contribution in [-0.2, 0) is 4.74 Å². The number of nitrogens with zero attached hydrogens (tertiary/aromatic N) is 4. The van der Waals surface area contributed by atoms with Gasteiger partial charge in [0.05, 0.1) is 23.9 Å². The zero-order chi connectivity index (χ0) is 20.2. The first-order chi connectivity index (χ1) is 14.9. The van der Waals surface area contributed by atoms with Gasteiger partial charge in [0.15, 0.2) is 5.82 Å². The van der Waals surface area contributed by atoms with E-state index in [9.17, 15) is 0 Å². The first-order valence-electron chi connectivity index (χ1n) is 10.6. The van der Waals surface area contributed by atoms with Crippen LogP contribution in [0.15, 0.2) is 42.7 Å². The van der Waals surface area contributed by atoms with E-state index in [4.69, 9.17) is 9.72 Å². The fraction of sp³-hybridized carbons (Fsp3) is 0.409. The molecule has 0 saturated carbocycles. The number of anilines is 2. The van der Waals surface area contributed by atoms with Crippen LogP contribution < -0.4 is 20.9 Å². The highest BCUT2D eigenvalue weighted by molar-refractivity contribution is 5.88. The van der Waals surface area contributed by atoms with Crippen molar-refractivity contribution in [3.8, 4) is 11.3 Å². The molecule has 156 valence electrons. The summed E-state index contributed by atoms with van der Waals surface area (Å²) < 4.78 is 5.80. The van der Waals surface area contributed by atoms with Crippen LogP contribution in [0.5, 0.6) is 0 Å². The Morgan fingerprint density at radius 2 is 1.87 bits per heavy atom. The summed E-state index contributed by atoms with van der Waals surface area (Å²) in [7, 11) is 0. The summed E-state index contributed by atoms with van der Waals surface area (Å²) in [6, 6.07) is 10.6. The van der Waals surface area contributed by atoms with Crippen LogP contribution >= 0.6 is 0 Å². The van der Waals surface area contributed by atoms with E-state index in [1.54, 1.807) is 12.4 Å². The van der Waals surface area contributed by atoms with Crippen LogP contribution in [0.2, 0.25) is 0 Å². The molecule has 1 aromatic carbocycles. The molecule has 4 heterocycles. The lowest BCUT2D eigenvalue weighted by molar-refractivity contribution is 0.0372. The molecule has 0 aliphatic carbocycles. The molecule has 2 aromatic heterocycles. The van der Waals surface area contributed by atoms with Crippen LogP contribution in [0.3, 0.4) is 0 Å². The maximum atomic E-state index is 5.80. The van der Waals surface area contributed by atoms with Crippen molar-refractivity contribution in [3.05, 3.63) is 42.7 Å². The molecular weight excluding hydrogens is 378 g/mol. The fourth-order valence-corrected chi connectivity index (χ4v) is 3.97. The molecule has 1 atom stereocenters. The van der Waals surface area contributed by atoms with Gasteiger partial charge in [0.1, 0.15) is 5.52 Å². The summed E-state index contributed by atoms with van der Waals surface area (Å²) in [5.41, 5.74) is 4.82. The Kier molecular flexibility index (Phi) is 5.69. The molecular formula is C22H27N7O. The van der Waals surface area contributed by atoms with E-state index in [-0.39, 0.29) is 6.10 Å². The Morgan fingerprint density at radius 3 is 2.67 bits per heavy atom. The molecule has 0 amide bonds. The van der Waals surface area contributed by atoms with E-state index in [0.29, 0.717) is 6.54 Å². The van der Waals surface area contributed by atoms with Gasteiger partial charge in [0.2, 0.25) is 0 Å². The highest BCUT2D eigenvalue weighted by atomic mass is 16.5. The smallest absolute Gasteiger partial charge is 0.154 e. The second kappa shape index (κ2) is 8.91. The molecule has 5 rings (SSSR count). The van der Waals surface area contributed by atoms with Gasteiger partial charge < -0.3 is 25.6 Å². The van der Waals surface area contributed by atoms with Crippen molar-refractivity contribution in [3.63, 3.8) is 0 Å². The van der Waals surface area contributed by atoms with Gasteiger partial charge in [-0.3, -0.25) is 4.98 Å². The largest absolute Gasteiger partial charge is 0.374 e. The minimum atomic E-state index is 0.120. The van der Waals surface area contributed by atoms with Gasteiger partial charge in [0.25, 0.3) is 0 Å². The molecule has 1 unspecified atom stereocenters. The predicted molar refractivity (Wildman–Crippen MR) is 119 cm³/mol. The van der Waals surface area contributed by atoms with Crippen LogP contribution in [0.4, 0.5) is 11.5 Å². The molecule has 3 aromatic rings. The maximum Gasteiger partial charge on any atom is 0.154 e. The van der Waals surface area contributed by atoms with Gasteiger partial charge in [-0.15, -0.1) is 0 Å². The van der Waals surface area contributed by atoms with Gasteiger partial charge in [0, 0.05) is 69.5 Å².